The van der Waals surface area contributed by atoms with Crippen LogP contribution in [-0.4, -0.2) is 38.8 Å². The number of rotatable bonds is 10. The Morgan fingerprint density at radius 2 is 1.47 bits per heavy atom. The zero-order valence-corrected chi connectivity index (χ0v) is 20.1. The maximum Gasteiger partial charge on any atom is 0.322 e. The van der Waals surface area contributed by atoms with E-state index in [1.165, 1.54) is 52.8 Å². The van der Waals surface area contributed by atoms with Crippen molar-refractivity contribution in [2.24, 2.45) is 5.14 Å². The van der Waals surface area contributed by atoms with Crippen LogP contribution in [0.3, 0.4) is 0 Å². The van der Waals surface area contributed by atoms with Crippen LogP contribution in [0.1, 0.15) is 11.1 Å². The number of primary sulfonamides is 1. The van der Waals surface area contributed by atoms with E-state index < -0.39 is 26.0 Å². The Labute approximate surface area is 202 Å². The van der Waals surface area contributed by atoms with E-state index in [-0.39, 0.29) is 29.4 Å². The van der Waals surface area contributed by atoms with E-state index in [9.17, 15) is 21.6 Å². The summed E-state index contributed by atoms with van der Waals surface area (Å²) < 4.78 is 51.2. The van der Waals surface area contributed by atoms with Gasteiger partial charge < -0.3 is 10.4 Å². The van der Waals surface area contributed by atoms with Crippen LogP contribution in [0, 0.1) is 0 Å². The second-order valence-corrected chi connectivity index (χ2v) is 11.3. The van der Waals surface area contributed by atoms with E-state index >= 15 is 0 Å². The van der Waals surface area contributed by atoms with E-state index in [0.29, 0.717) is 21.8 Å². The molecule has 180 valence electrons. The Hall–Kier alpha value is -2.96. The van der Waals surface area contributed by atoms with Crippen molar-refractivity contribution < 1.29 is 26.7 Å². The molecule has 12 heteroatoms. The molecule has 3 rings (SSSR count). The van der Waals surface area contributed by atoms with Crippen molar-refractivity contribution in [1.29, 1.82) is 0 Å². The number of carbonyl (C=O) groups is 1. The minimum absolute atomic E-state index is 0.0233. The normalized spacial score (nSPS) is 12.0. The van der Waals surface area contributed by atoms with Crippen molar-refractivity contribution in [3.8, 4) is 0 Å². The fourth-order valence-corrected chi connectivity index (χ4v) is 5.19. The van der Waals surface area contributed by atoms with Crippen molar-refractivity contribution in [2.75, 3.05) is 11.9 Å². The molecule has 0 aromatic heterocycles. The van der Waals surface area contributed by atoms with Crippen molar-refractivity contribution >= 4 is 43.3 Å². The van der Waals surface area contributed by atoms with Gasteiger partial charge in [-0.25, -0.2) is 22.0 Å². The maximum atomic E-state index is 13.5. The number of nitrogens with zero attached hydrogens (tertiary/aromatic N) is 1. The first kappa shape index (κ1) is 25.7. The number of hydrogen-bond acceptors (Lipinski definition) is 6. The smallest absolute Gasteiger partial charge is 0.322 e. The standard InChI is InChI=1S/C22H22ClN3O6S2/c23-18-6-10-21(11-7-18)34(31,32)26(14-16-4-8-20(9-5-16)33(24,29)30)15-17-2-1-3-19(12-17)25-13-22(27)28/h1-12,25H,13-15H2,(H,27,28)(H2,24,29,30). The zero-order chi connectivity index (χ0) is 24.9. The summed E-state index contributed by atoms with van der Waals surface area (Å²) in [7, 11) is -7.86. The molecule has 0 aliphatic rings. The lowest BCUT2D eigenvalue weighted by molar-refractivity contribution is -0.134. The van der Waals surface area contributed by atoms with E-state index in [1.807, 2.05) is 0 Å². The van der Waals surface area contributed by atoms with Crippen molar-refractivity contribution in [2.45, 2.75) is 22.9 Å². The Balaban J connectivity index is 1.94. The van der Waals surface area contributed by atoms with Crippen LogP contribution >= 0.6 is 11.6 Å². The number of halogens is 1. The molecule has 0 aliphatic carbocycles. The van der Waals surface area contributed by atoms with Gasteiger partial charge in [-0.2, -0.15) is 4.31 Å². The number of anilines is 1. The first-order valence-corrected chi connectivity index (χ1v) is 13.2. The highest BCUT2D eigenvalue weighted by Crippen LogP contribution is 2.24. The van der Waals surface area contributed by atoms with Crippen molar-refractivity contribution in [3.63, 3.8) is 0 Å². The molecule has 34 heavy (non-hydrogen) atoms. The fraction of sp³-hybridized carbons (Fsp3) is 0.136. The van der Waals surface area contributed by atoms with Gasteiger partial charge in [0, 0.05) is 23.8 Å². The number of nitrogens with one attached hydrogen (secondary N) is 1. The molecule has 0 saturated carbocycles. The van der Waals surface area contributed by atoms with Crippen LogP contribution in [0.5, 0.6) is 0 Å². The molecule has 0 radical (unpaired) electrons. The maximum absolute atomic E-state index is 13.5. The van der Waals surface area contributed by atoms with E-state index in [0.717, 1.165) is 0 Å². The SMILES string of the molecule is NS(=O)(=O)c1ccc(CN(Cc2cccc(NCC(=O)O)c2)S(=O)(=O)c2ccc(Cl)cc2)cc1. The quantitative estimate of drug-likeness (QED) is 0.370. The Bertz CT molecular complexity index is 1380. The monoisotopic (exact) mass is 523 g/mol. The lowest BCUT2D eigenvalue weighted by Gasteiger charge is -2.23. The number of nitrogens with two attached hydrogens (primary N) is 1. The molecule has 0 fully saturated rings. The van der Waals surface area contributed by atoms with E-state index in [2.05, 4.69) is 5.32 Å². The molecular formula is C22H22ClN3O6S2. The van der Waals surface area contributed by atoms with Gasteiger partial charge in [0.1, 0.15) is 6.54 Å². The molecule has 0 atom stereocenters. The number of carboxylic acids is 1. The molecule has 0 aliphatic heterocycles. The molecule has 0 unspecified atom stereocenters. The number of benzene rings is 3. The molecule has 4 N–H and O–H groups in total. The van der Waals surface area contributed by atoms with Crippen molar-refractivity contribution in [1.82, 2.24) is 4.31 Å². The van der Waals surface area contributed by atoms with E-state index in [1.54, 1.807) is 24.3 Å². The summed E-state index contributed by atoms with van der Waals surface area (Å²) in [5.74, 6) is -1.03. The molecular weight excluding hydrogens is 502 g/mol. The number of sulfonamides is 2. The number of aliphatic carboxylic acids is 1. The summed E-state index contributed by atoms with van der Waals surface area (Å²) in [6.07, 6.45) is 0. The zero-order valence-electron chi connectivity index (χ0n) is 17.8. The second-order valence-electron chi connectivity index (χ2n) is 7.36. The van der Waals surface area contributed by atoms with Crippen LogP contribution in [-0.2, 0) is 37.9 Å². The summed E-state index contributed by atoms with van der Waals surface area (Å²) in [6, 6.07) is 18.1. The van der Waals surface area contributed by atoms with Gasteiger partial charge in [-0.3, -0.25) is 4.79 Å². The van der Waals surface area contributed by atoms with Gasteiger partial charge in [0.2, 0.25) is 20.0 Å². The molecule has 0 heterocycles. The lowest BCUT2D eigenvalue weighted by atomic mass is 10.2. The molecule has 0 saturated heterocycles. The fourth-order valence-electron chi connectivity index (χ4n) is 3.13. The molecule has 0 bridgehead atoms. The highest BCUT2D eigenvalue weighted by atomic mass is 35.5. The summed E-state index contributed by atoms with van der Waals surface area (Å²) in [6.45, 7) is -0.361. The minimum atomic E-state index is -3.97. The van der Waals surface area contributed by atoms with Crippen molar-refractivity contribution in [3.05, 3.63) is 88.9 Å². The molecule has 3 aromatic carbocycles. The van der Waals surface area contributed by atoms with Gasteiger partial charge in [0.05, 0.1) is 9.79 Å². The summed E-state index contributed by atoms with van der Waals surface area (Å²) in [5.41, 5.74) is 1.69. The van der Waals surface area contributed by atoms with Gasteiger partial charge >= 0.3 is 5.97 Å². The largest absolute Gasteiger partial charge is 0.480 e. The summed E-state index contributed by atoms with van der Waals surface area (Å²) in [5, 5.41) is 17.2. The van der Waals surface area contributed by atoms with Crippen LogP contribution in [0.4, 0.5) is 5.69 Å². The van der Waals surface area contributed by atoms with Crippen LogP contribution in [0.25, 0.3) is 0 Å². The third kappa shape index (κ3) is 6.78. The molecule has 9 nitrogen and oxygen atoms in total. The van der Waals surface area contributed by atoms with Gasteiger partial charge in [-0.05, 0) is 59.7 Å². The van der Waals surface area contributed by atoms with Gasteiger partial charge in [-0.15, -0.1) is 0 Å². The van der Waals surface area contributed by atoms with Gasteiger partial charge in [-0.1, -0.05) is 35.9 Å². The molecule has 0 spiro atoms. The first-order chi connectivity index (χ1) is 15.9. The number of carboxylic acid groups (broad SMARTS) is 1. The minimum Gasteiger partial charge on any atom is -0.480 e. The summed E-state index contributed by atoms with van der Waals surface area (Å²) >= 11 is 5.91. The molecule has 0 amide bonds. The third-order valence-corrected chi connectivity index (χ3v) is 7.78. The number of hydrogen-bond donors (Lipinski definition) is 3. The predicted molar refractivity (Wildman–Crippen MR) is 128 cm³/mol. The average Bonchev–Trinajstić information content (AvgIpc) is 2.77. The summed E-state index contributed by atoms with van der Waals surface area (Å²) in [4.78, 5) is 10.8. The Morgan fingerprint density at radius 3 is 2.06 bits per heavy atom. The highest BCUT2D eigenvalue weighted by Gasteiger charge is 2.25. The predicted octanol–water partition coefficient (Wildman–Crippen LogP) is 2.88. The lowest BCUT2D eigenvalue weighted by Crippen LogP contribution is -2.30. The van der Waals surface area contributed by atoms with Gasteiger partial charge in [0.15, 0.2) is 0 Å². The Morgan fingerprint density at radius 1 is 0.882 bits per heavy atom. The second kappa shape index (κ2) is 10.5. The molecule has 3 aromatic rings. The van der Waals surface area contributed by atoms with Gasteiger partial charge in [0.25, 0.3) is 0 Å². The van der Waals surface area contributed by atoms with Crippen LogP contribution in [0.2, 0.25) is 5.02 Å². The topological polar surface area (TPSA) is 147 Å². The first-order valence-electron chi connectivity index (χ1n) is 9.87. The van der Waals surface area contributed by atoms with E-state index in [4.69, 9.17) is 21.8 Å². The third-order valence-electron chi connectivity index (χ3n) is 4.79. The average molecular weight is 524 g/mol. The highest BCUT2D eigenvalue weighted by molar-refractivity contribution is 7.89. The Kier molecular flexibility index (Phi) is 7.95. The van der Waals surface area contributed by atoms with Crippen LogP contribution < -0.4 is 10.5 Å². The van der Waals surface area contributed by atoms with Crippen LogP contribution in [0.15, 0.2) is 82.6 Å².